The average Bonchev–Trinajstić information content (AvgIpc) is 2.74. The number of amides is 2. The molecular formula is C24H42N4O3. The summed E-state index contributed by atoms with van der Waals surface area (Å²) < 4.78 is 0. The molecule has 0 saturated heterocycles. The largest absolute Gasteiger partial charge is 0.356 e. The van der Waals surface area contributed by atoms with Gasteiger partial charge in [-0.3, -0.25) is 14.8 Å². The Labute approximate surface area is 187 Å². The fraction of sp³-hybridized carbons (Fsp3) is 0.667. The molecule has 0 radical (unpaired) electrons. The van der Waals surface area contributed by atoms with Crippen LogP contribution in [0.2, 0.25) is 0 Å². The van der Waals surface area contributed by atoms with Crippen LogP contribution in [0.5, 0.6) is 0 Å². The molecule has 0 aliphatic heterocycles. The van der Waals surface area contributed by atoms with Crippen LogP contribution < -0.4 is 21.4 Å². The lowest BCUT2D eigenvalue weighted by Gasteiger charge is -2.19. The second-order valence-corrected chi connectivity index (χ2v) is 9.03. The molecule has 7 nitrogen and oxygen atoms in total. The Morgan fingerprint density at radius 2 is 1.35 bits per heavy atom. The molecule has 0 bridgehead atoms. The minimum absolute atomic E-state index is 0.0172. The summed E-state index contributed by atoms with van der Waals surface area (Å²) in [6.45, 7) is 11.2. The molecule has 0 spiro atoms. The predicted octanol–water partition coefficient (Wildman–Crippen LogP) is 3.02. The third kappa shape index (κ3) is 13.9. The molecule has 0 saturated carbocycles. The van der Waals surface area contributed by atoms with Crippen molar-refractivity contribution in [3.8, 4) is 0 Å². The van der Waals surface area contributed by atoms with Crippen molar-refractivity contribution in [3.63, 3.8) is 0 Å². The lowest BCUT2D eigenvalue weighted by molar-refractivity contribution is -0.129. The number of unbranched alkanes of at least 4 members (excludes halogenated alkanes) is 2. The zero-order valence-electron chi connectivity index (χ0n) is 19.6. The number of hydrogen-bond acceptors (Lipinski definition) is 5. The fourth-order valence-corrected chi connectivity index (χ4v) is 3.14. The van der Waals surface area contributed by atoms with Crippen molar-refractivity contribution >= 4 is 11.8 Å². The lowest BCUT2D eigenvalue weighted by Crippen LogP contribution is -2.27. The molecule has 0 aliphatic carbocycles. The first kappa shape index (κ1) is 27.1. The maximum atomic E-state index is 11.7. The van der Waals surface area contributed by atoms with E-state index in [9.17, 15) is 9.59 Å². The van der Waals surface area contributed by atoms with Gasteiger partial charge in [0.1, 0.15) is 0 Å². The summed E-state index contributed by atoms with van der Waals surface area (Å²) in [5.74, 6) is -0.392. The van der Waals surface area contributed by atoms with E-state index in [4.69, 9.17) is 5.21 Å². The number of hydroxylamine groups is 1. The molecule has 0 unspecified atom stereocenters. The molecule has 1 rings (SSSR count). The molecule has 176 valence electrons. The highest BCUT2D eigenvalue weighted by Gasteiger charge is 2.12. The molecule has 0 atom stereocenters. The minimum Gasteiger partial charge on any atom is -0.356 e. The van der Waals surface area contributed by atoms with E-state index in [0.29, 0.717) is 25.8 Å². The zero-order valence-corrected chi connectivity index (χ0v) is 19.6. The molecule has 1 aromatic rings. The molecule has 7 heteroatoms. The maximum Gasteiger partial charge on any atom is 0.243 e. The maximum absolute atomic E-state index is 11.7. The van der Waals surface area contributed by atoms with E-state index in [2.05, 4.69) is 61.0 Å². The third-order valence-corrected chi connectivity index (χ3v) is 5.14. The van der Waals surface area contributed by atoms with E-state index in [1.54, 1.807) is 5.48 Å². The number of carbonyl (C=O) groups is 2. The molecule has 0 fully saturated rings. The Hall–Kier alpha value is -1.96. The first-order valence-electron chi connectivity index (χ1n) is 11.5. The van der Waals surface area contributed by atoms with Gasteiger partial charge in [-0.15, -0.1) is 0 Å². The molecule has 0 aliphatic rings. The van der Waals surface area contributed by atoms with Gasteiger partial charge in [0.25, 0.3) is 0 Å². The molecule has 31 heavy (non-hydrogen) atoms. The lowest BCUT2D eigenvalue weighted by atomic mass is 9.87. The standard InChI is InChI=1S/C24H42N4O3/c1-24(2,3)21-13-11-20(12-14-21)19-26-16-7-6-15-25-17-8-18-27-22(29)9-4-5-10-23(30)28-31/h11-14,25-26,31H,4-10,15-19H2,1-3H3,(H,27,29)(H,28,30). The summed E-state index contributed by atoms with van der Waals surface area (Å²) >= 11 is 0. The molecule has 5 N–H and O–H groups in total. The fourth-order valence-electron chi connectivity index (χ4n) is 3.14. The van der Waals surface area contributed by atoms with Crippen molar-refractivity contribution < 1.29 is 14.8 Å². The van der Waals surface area contributed by atoms with E-state index < -0.39 is 5.91 Å². The summed E-state index contributed by atoms with van der Waals surface area (Å²) in [7, 11) is 0. The van der Waals surface area contributed by atoms with Gasteiger partial charge >= 0.3 is 0 Å². The van der Waals surface area contributed by atoms with Crippen LogP contribution in [-0.2, 0) is 21.5 Å². The van der Waals surface area contributed by atoms with Gasteiger partial charge in [0.2, 0.25) is 11.8 Å². The van der Waals surface area contributed by atoms with Gasteiger partial charge in [-0.25, -0.2) is 5.48 Å². The smallest absolute Gasteiger partial charge is 0.243 e. The van der Waals surface area contributed by atoms with Crippen LogP contribution in [0.25, 0.3) is 0 Å². The number of rotatable bonds is 16. The SMILES string of the molecule is CC(C)(C)c1ccc(CNCCCCNCCCNC(=O)CCCCC(=O)NO)cc1. The van der Waals surface area contributed by atoms with E-state index in [1.165, 1.54) is 11.1 Å². The Balaban J connectivity index is 1.89. The van der Waals surface area contributed by atoms with Crippen molar-refractivity contribution in [3.05, 3.63) is 35.4 Å². The van der Waals surface area contributed by atoms with Crippen LogP contribution >= 0.6 is 0 Å². The Morgan fingerprint density at radius 1 is 0.774 bits per heavy atom. The second-order valence-electron chi connectivity index (χ2n) is 9.03. The average molecular weight is 435 g/mol. The topological polar surface area (TPSA) is 102 Å². The number of nitrogens with one attached hydrogen (secondary N) is 4. The minimum atomic E-state index is -0.409. The van der Waals surface area contributed by atoms with Crippen molar-refractivity contribution in [2.75, 3.05) is 26.2 Å². The van der Waals surface area contributed by atoms with Crippen LogP contribution in [0.4, 0.5) is 0 Å². The monoisotopic (exact) mass is 434 g/mol. The van der Waals surface area contributed by atoms with E-state index in [1.807, 2.05) is 0 Å². The Morgan fingerprint density at radius 3 is 1.97 bits per heavy atom. The number of carbonyl (C=O) groups excluding carboxylic acids is 2. The van der Waals surface area contributed by atoms with Crippen LogP contribution in [0, 0.1) is 0 Å². The van der Waals surface area contributed by atoms with Crippen LogP contribution in [0.3, 0.4) is 0 Å². The van der Waals surface area contributed by atoms with Gasteiger partial charge in [0.05, 0.1) is 0 Å². The van der Waals surface area contributed by atoms with Gasteiger partial charge in [-0.1, -0.05) is 45.0 Å². The van der Waals surface area contributed by atoms with Crippen molar-refractivity contribution in [2.24, 2.45) is 0 Å². The van der Waals surface area contributed by atoms with Gasteiger partial charge < -0.3 is 16.0 Å². The Bertz CT molecular complexity index is 627. The van der Waals surface area contributed by atoms with Crippen molar-refractivity contribution in [1.82, 2.24) is 21.4 Å². The molecule has 2 amide bonds. The summed E-state index contributed by atoms with van der Waals surface area (Å²) in [6, 6.07) is 8.87. The predicted molar refractivity (Wildman–Crippen MR) is 125 cm³/mol. The molecule has 0 aromatic heterocycles. The highest BCUT2D eigenvalue weighted by molar-refractivity contribution is 5.76. The summed E-state index contributed by atoms with van der Waals surface area (Å²) in [6.07, 6.45) is 5.07. The van der Waals surface area contributed by atoms with Crippen molar-refractivity contribution in [2.45, 2.75) is 77.7 Å². The van der Waals surface area contributed by atoms with Crippen LogP contribution in [-0.4, -0.2) is 43.2 Å². The highest BCUT2D eigenvalue weighted by Crippen LogP contribution is 2.22. The first-order chi connectivity index (χ1) is 14.8. The van der Waals surface area contributed by atoms with Crippen molar-refractivity contribution in [1.29, 1.82) is 0 Å². The van der Waals surface area contributed by atoms with Gasteiger partial charge in [-0.05, 0) is 68.3 Å². The second kappa shape index (κ2) is 15.8. The molecular weight excluding hydrogens is 392 g/mol. The number of hydrogen-bond donors (Lipinski definition) is 5. The van der Waals surface area contributed by atoms with E-state index in [-0.39, 0.29) is 17.7 Å². The number of benzene rings is 1. The quantitative estimate of drug-likeness (QED) is 0.156. The van der Waals surface area contributed by atoms with Gasteiger partial charge in [0.15, 0.2) is 0 Å². The Kier molecular flexibility index (Phi) is 13.8. The van der Waals surface area contributed by atoms with Gasteiger partial charge in [-0.2, -0.15) is 0 Å². The summed E-state index contributed by atoms with van der Waals surface area (Å²) in [5.41, 5.74) is 4.48. The van der Waals surface area contributed by atoms with Gasteiger partial charge in [0, 0.05) is 25.9 Å². The zero-order chi connectivity index (χ0) is 23.0. The van der Waals surface area contributed by atoms with Crippen LogP contribution in [0.1, 0.15) is 76.8 Å². The van der Waals surface area contributed by atoms with E-state index >= 15 is 0 Å². The molecule has 0 heterocycles. The highest BCUT2D eigenvalue weighted by atomic mass is 16.5. The van der Waals surface area contributed by atoms with Crippen LogP contribution in [0.15, 0.2) is 24.3 Å². The first-order valence-corrected chi connectivity index (χ1v) is 11.5. The normalized spacial score (nSPS) is 11.4. The third-order valence-electron chi connectivity index (χ3n) is 5.14. The van der Waals surface area contributed by atoms with E-state index in [0.717, 1.165) is 45.4 Å². The summed E-state index contributed by atoms with van der Waals surface area (Å²) in [4.78, 5) is 22.5. The summed E-state index contributed by atoms with van der Waals surface area (Å²) in [5, 5.41) is 18.2. The molecule has 1 aromatic carbocycles.